The first-order chi connectivity index (χ1) is 11.8. The predicted octanol–water partition coefficient (Wildman–Crippen LogP) is 8.52. The van der Waals surface area contributed by atoms with Crippen LogP contribution in [0.1, 0.15) is 112 Å². The molecule has 0 saturated carbocycles. The molecule has 0 atom stereocenters. The Balaban J connectivity index is 3.17. The smallest absolute Gasteiger partial charge is 0.0626 e. The Labute approximate surface area is 167 Å². The topological polar surface area (TPSA) is 9.23 Å². The maximum Gasteiger partial charge on any atom is 0.0626 e. The van der Waals surface area contributed by atoms with E-state index in [9.17, 15) is 0 Å². The van der Waals surface area contributed by atoms with E-state index in [1.807, 2.05) is 0 Å². The van der Waals surface area contributed by atoms with E-state index in [-0.39, 0.29) is 5.60 Å². The van der Waals surface area contributed by atoms with Crippen molar-refractivity contribution in [1.29, 1.82) is 0 Å². The fourth-order valence-electron chi connectivity index (χ4n) is 2.93. The van der Waals surface area contributed by atoms with Gasteiger partial charge in [0, 0.05) is 18.1 Å². The van der Waals surface area contributed by atoms with Gasteiger partial charge < -0.3 is 4.74 Å². The van der Waals surface area contributed by atoms with E-state index >= 15 is 0 Å². The maximum atomic E-state index is 5.98. The Hall–Kier alpha value is 0.660. The first-order valence-electron chi connectivity index (χ1n) is 10.7. The SMILES string of the molecule is CCCC(C)(C)OCCCCCCSSCCCCCCC(C)(C)C. The van der Waals surface area contributed by atoms with Gasteiger partial charge in [0.2, 0.25) is 0 Å². The fraction of sp³-hybridized carbons (Fsp3) is 1.00. The van der Waals surface area contributed by atoms with Crippen molar-refractivity contribution in [1.82, 2.24) is 0 Å². The molecular formula is C22H46OS2. The molecule has 25 heavy (non-hydrogen) atoms. The van der Waals surface area contributed by atoms with Crippen LogP contribution < -0.4 is 0 Å². The monoisotopic (exact) mass is 390 g/mol. The van der Waals surface area contributed by atoms with Crippen LogP contribution in [0.4, 0.5) is 0 Å². The lowest BCUT2D eigenvalue weighted by Gasteiger charge is -2.24. The zero-order chi connectivity index (χ0) is 19.0. The molecule has 152 valence electrons. The highest BCUT2D eigenvalue weighted by Gasteiger charge is 2.15. The van der Waals surface area contributed by atoms with Crippen LogP contribution in [0, 0.1) is 5.41 Å². The predicted molar refractivity (Wildman–Crippen MR) is 121 cm³/mol. The fourth-order valence-corrected chi connectivity index (χ4v) is 5.22. The first-order valence-corrected chi connectivity index (χ1v) is 13.1. The van der Waals surface area contributed by atoms with Crippen LogP contribution in [0.25, 0.3) is 0 Å². The average Bonchev–Trinajstić information content (AvgIpc) is 2.50. The summed E-state index contributed by atoms with van der Waals surface area (Å²) in [5, 5.41) is 0. The van der Waals surface area contributed by atoms with Crippen LogP contribution in [-0.4, -0.2) is 23.7 Å². The van der Waals surface area contributed by atoms with Crippen molar-refractivity contribution in [2.75, 3.05) is 18.1 Å². The highest BCUT2D eigenvalue weighted by molar-refractivity contribution is 8.76. The van der Waals surface area contributed by atoms with Gasteiger partial charge in [0.25, 0.3) is 0 Å². The van der Waals surface area contributed by atoms with E-state index in [0.717, 1.165) is 13.0 Å². The number of ether oxygens (including phenoxy) is 1. The van der Waals surface area contributed by atoms with Crippen molar-refractivity contribution in [2.24, 2.45) is 5.41 Å². The van der Waals surface area contributed by atoms with Crippen LogP contribution >= 0.6 is 21.6 Å². The lowest BCUT2D eigenvalue weighted by Crippen LogP contribution is -2.24. The van der Waals surface area contributed by atoms with Gasteiger partial charge in [0.05, 0.1) is 5.60 Å². The van der Waals surface area contributed by atoms with Gasteiger partial charge >= 0.3 is 0 Å². The van der Waals surface area contributed by atoms with E-state index in [1.165, 1.54) is 75.7 Å². The molecule has 0 aliphatic heterocycles. The molecule has 0 aromatic carbocycles. The summed E-state index contributed by atoms with van der Waals surface area (Å²) >= 11 is 0. The summed E-state index contributed by atoms with van der Waals surface area (Å²) in [5.74, 6) is 2.65. The van der Waals surface area contributed by atoms with E-state index in [1.54, 1.807) is 0 Å². The molecule has 1 nitrogen and oxygen atoms in total. The standard InChI is InChI=1S/C22H46OS2/c1-7-16-22(5,6)23-18-13-9-11-15-20-25-24-19-14-10-8-12-17-21(2,3)4/h7-20H2,1-6H3. The van der Waals surface area contributed by atoms with E-state index in [0.29, 0.717) is 5.41 Å². The minimum atomic E-state index is 0.0774. The van der Waals surface area contributed by atoms with Crippen molar-refractivity contribution in [3.05, 3.63) is 0 Å². The molecule has 0 aliphatic rings. The van der Waals surface area contributed by atoms with Crippen molar-refractivity contribution in [3.8, 4) is 0 Å². The third-order valence-electron chi connectivity index (χ3n) is 4.45. The van der Waals surface area contributed by atoms with E-state index in [2.05, 4.69) is 63.1 Å². The zero-order valence-corrected chi connectivity index (χ0v) is 19.8. The largest absolute Gasteiger partial charge is 0.376 e. The molecule has 0 aromatic rings. The average molecular weight is 391 g/mol. The van der Waals surface area contributed by atoms with Crippen LogP contribution in [-0.2, 0) is 4.74 Å². The molecule has 0 spiro atoms. The van der Waals surface area contributed by atoms with E-state index < -0.39 is 0 Å². The summed E-state index contributed by atoms with van der Waals surface area (Å²) in [6.45, 7) is 14.6. The second-order valence-corrected chi connectivity index (χ2v) is 11.8. The number of unbranched alkanes of at least 4 members (excludes halogenated alkanes) is 6. The quantitative estimate of drug-likeness (QED) is 0.182. The highest BCUT2D eigenvalue weighted by atomic mass is 33.1. The summed E-state index contributed by atoms with van der Waals surface area (Å²) in [4.78, 5) is 0. The minimum absolute atomic E-state index is 0.0774. The first kappa shape index (κ1) is 25.7. The molecule has 0 fully saturated rings. The van der Waals surface area contributed by atoms with Crippen LogP contribution in [0.15, 0.2) is 0 Å². The third-order valence-corrected chi connectivity index (χ3v) is 7.03. The molecule has 0 heterocycles. The maximum absolute atomic E-state index is 5.98. The third kappa shape index (κ3) is 20.8. The zero-order valence-electron chi connectivity index (χ0n) is 18.1. The Morgan fingerprint density at radius 2 is 1.16 bits per heavy atom. The van der Waals surface area contributed by atoms with Crippen molar-refractivity contribution in [3.63, 3.8) is 0 Å². The summed E-state index contributed by atoms with van der Waals surface area (Å²) in [6.07, 6.45) is 14.6. The number of rotatable bonds is 17. The number of hydrogen-bond donors (Lipinski definition) is 0. The molecule has 0 amide bonds. The van der Waals surface area contributed by atoms with Crippen molar-refractivity contribution < 1.29 is 4.74 Å². The Morgan fingerprint density at radius 3 is 1.68 bits per heavy atom. The van der Waals surface area contributed by atoms with Gasteiger partial charge in [-0.25, -0.2) is 0 Å². The van der Waals surface area contributed by atoms with Crippen LogP contribution in [0.5, 0.6) is 0 Å². The molecule has 0 unspecified atom stereocenters. The summed E-state index contributed by atoms with van der Waals surface area (Å²) in [6, 6.07) is 0. The Kier molecular flexibility index (Phi) is 16.1. The van der Waals surface area contributed by atoms with Gasteiger partial charge in [-0.2, -0.15) is 0 Å². The van der Waals surface area contributed by atoms with Gasteiger partial charge in [-0.05, 0) is 51.4 Å². The van der Waals surface area contributed by atoms with Gasteiger partial charge in [-0.3, -0.25) is 0 Å². The van der Waals surface area contributed by atoms with Gasteiger partial charge in [-0.15, -0.1) is 0 Å². The summed E-state index contributed by atoms with van der Waals surface area (Å²) in [5.41, 5.74) is 0.594. The Bertz CT molecular complexity index is 284. The van der Waals surface area contributed by atoms with Crippen LogP contribution in [0.3, 0.4) is 0 Å². The van der Waals surface area contributed by atoms with Gasteiger partial charge in [0.15, 0.2) is 0 Å². The second-order valence-electron chi connectivity index (χ2n) is 9.14. The molecule has 0 bridgehead atoms. The highest BCUT2D eigenvalue weighted by Crippen LogP contribution is 2.26. The molecule has 0 N–H and O–H groups in total. The molecule has 0 rings (SSSR count). The summed E-state index contributed by atoms with van der Waals surface area (Å²) < 4.78 is 5.98. The molecule has 0 aliphatic carbocycles. The molecule has 3 heteroatoms. The van der Waals surface area contributed by atoms with E-state index in [4.69, 9.17) is 4.74 Å². The van der Waals surface area contributed by atoms with Crippen molar-refractivity contribution in [2.45, 2.75) is 118 Å². The molecule has 0 radical (unpaired) electrons. The number of hydrogen-bond acceptors (Lipinski definition) is 3. The molecular weight excluding hydrogens is 344 g/mol. The Morgan fingerprint density at radius 1 is 0.640 bits per heavy atom. The minimum Gasteiger partial charge on any atom is -0.376 e. The second kappa shape index (κ2) is 15.7. The molecule has 0 aromatic heterocycles. The lowest BCUT2D eigenvalue weighted by atomic mass is 9.89. The van der Waals surface area contributed by atoms with Crippen LogP contribution in [0.2, 0.25) is 0 Å². The lowest BCUT2D eigenvalue weighted by molar-refractivity contribution is -0.0254. The summed E-state index contributed by atoms with van der Waals surface area (Å²) in [7, 11) is 4.17. The molecule has 0 saturated heterocycles. The normalized spacial score (nSPS) is 12.7. The van der Waals surface area contributed by atoms with Gasteiger partial charge in [0.1, 0.15) is 0 Å². The van der Waals surface area contributed by atoms with Gasteiger partial charge in [-0.1, -0.05) is 87.8 Å². The van der Waals surface area contributed by atoms with Crippen molar-refractivity contribution >= 4 is 21.6 Å².